The maximum atomic E-state index is 14.7. The van der Waals surface area contributed by atoms with E-state index < -0.39 is 26.6 Å². The van der Waals surface area contributed by atoms with Crippen LogP contribution in [0.2, 0.25) is 0 Å². The van der Waals surface area contributed by atoms with Gasteiger partial charge in [0.05, 0.1) is 13.7 Å². The Hall–Kier alpha value is -2.83. The van der Waals surface area contributed by atoms with Crippen LogP contribution in [0.15, 0.2) is 47.6 Å². The highest BCUT2D eigenvalue weighted by Gasteiger charge is 2.28. The minimum Gasteiger partial charge on any atom is -0.497 e. The number of nitrogens with zero attached hydrogens (tertiary/aromatic N) is 2. The number of halogens is 2. The highest BCUT2D eigenvalue weighted by atomic mass is 32.2. The molecule has 0 unspecified atom stereocenters. The van der Waals surface area contributed by atoms with Crippen molar-refractivity contribution in [2.75, 3.05) is 31.5 Å². The van der Waals surface area contributed by atoms with Crippen molar-refractivity contribution in [2.45, 2.75) is 17.2 Å². The first kappa shape index (κ1) is 23.3. The van der Waals surface area contributed by atoms with Gasteiger partial charge >= 0.3 is 0 Å². The SMILES string of the molecule is COc1ccc([C@@H]2CCNC[C@H]2COc2cc(F)c(S(=O)(=O)Nc3ncns3)cc2F)cc1. The van der Waals surface area contributed by atoms with E-state index in [0.29, 0.717) is 12.6 Å². The van der Waals surface area contributed by atoms with E-state index in [4.69, 9.17) is 9.47 Å². The van der Waals surface area contributed by atoms with Crippen molar-refractivity contribution in [1.82, 2.24) is 14.7 Å². The molecule has 2 heterocycles. The Labute approximate surface area is 194 Å². The van der Waals surface area contributed by atoms with Crippen LogP contribution >= 0.6 is 11.5 Å². The lowest BCUT2D eigenvalue weighted by Gasteiger charge is -2.32. The number of anilines is 1. The minimum atomic E-state index is -4.37. The number of hydrogen-bond donors (Lipinski definition) is 2. The smallest absolute Gasteiger partial charge is 0.266 e. The maximum absolute atomic E-state index is 14.7. The van der Waals surface area contributed by atoms with Gasteiger partial charge in [0.1, 0.15) is 22.8 Å². The van der Waals surface area contributed by atoms with Gasteiger partial charge in [0.25, 0.3) is 10.0 Å². The molecule has 33 heavy (non-hydrogen) atoms. The average Bonchev–Trinajstić information content (AvgIpc) is 3.32. The van der Waals surface area contributed by atoms with E-state index in [0.717, 1.165) is 48.2 Å². The van der Waals surface area contributed by atoms with Gasteiger partial charge in [0.15, 0.2) is 11.6 Å². The van der Waals surface area contributed by atoms with Crippen molar-refractivity contribution in [3.63, 3.8) is 0 Å². The summed E-state index contributed by atoms with van der Waals surface area (Å²) in [6.45, 7) is 1.62. The molecule has 0 bridgehead atoms. The summed E-state index contributed by atoms with van der Waals surface area (Å²) in [5.41, 5.74) is 1.11. The number of methoxy groups -OCH3 is 1. The fourth-order valence-corrected chi connectivity index (χ4v) is 5.53. The molecule has 8 nitrogen and oxygen atoms in total. The van der Waals surface area contributed by atoms with Crippen LogP contribution in [-0.4, -0.2) is 44.6 Å². The summed E-state index contributed by atoms with van der Waals surface area (Å²) in [4.78, 5) is 2.85. The van der Waals surface area contributed by atoms with Gasteiger partial charge in [0, 0.05) is 36.1 Å². The summed E-state index contributed by atoms with van der Waals surface area (Å²) in [6.07, 6.45) is 2.02. The topological polar surface area (TPSA) is 102 Å². The van der Waals surface area contributed by atoms with Crippen LogP contribution in [-0.2, 0) is 10.0 Å². The second-order valence-corrected chi connectivity index (χ2v) is 9.94. The molecule has 12 heteroatoms. The second kappa shape index (κ2) is 9.98. The standard InChI is InChI=1S/C21H22F2N4O4S2/c1-30-15-4-2-13(3-5-15)16-6-7-24-10-14(16)11-31-19-8-18(23)20(9-17(19)22)33(28,29)27-21-25-12-26-32-21/h2-5,8-9,12,14,16,24H,6-7,10-11H2,1H3,(H,25,26,27)/t14-,16-/m0/s1. The monoisotopic (exact) mass is 496 g/mol. The molecule has 2 atom stereocenters. The Morgan fingerprint density at radius 1 is 1.21 bits per heavy atom. The van der Waals surface area contributed by atoms with Crippen LogP contribution in [0.1, 0.15) is 17.9 Å². The normalized spacial score (nSPS) is 18.6. The number of rotatable bonds is 8. The first-order chi connectivity index (χ1) is 15.9. The molecule has 176 valence electrons. The zero-order chi connectivity index (χ0) is 23.4. The first-order valence-corrected chi connectivity index (χ1v) is 12.4. The van der Waals surface area contributed by atoms with Crippen LogP contribution in [0.5, 0.6) is 11.5 Å². The van der Waals surface area contributed by atoms with Gasteiger partial charge in [-0.05, 0) is 36.6 Å². The van der Waals surface area contributed by atoms with Gasteiger partial charge in [-0.3, -0.25) is 4.72 Å². The lowest BCUT2D eigenvalue weighted by atomic mass is 9.81. The summed E-state index contributed by atoms with van der Waals surface area (Å²) >= 11 is 0.777. The molecule has 1 aromatic heterocycles. The molecule has 0 aliphatic carbocycles. The number of ether oxygens (including phenoxy) is 2. The van der Waals surface area contributed by atoms with Gasteiger partial charge in [-0.1, -0.05) is 12.1 Å². The molecule has 1 aliphatic heterocycles. The number of aromatic nitrogens is 2. The molecule has 2 N–H and O–H groups in total. The van der Waals surface area contributed by atoms with E-state index in [2.05, 4.69) is 19.4 Å². The maximum Gasteiger partial charge on any atom is 0.266 e. The van der Waals surface area contributed by atoms with Crippen molar-refractivity contribution in [3.05, 3.63) is 59.9 Å². The molecule has 0 radical (unpaired) electrons. The second-order valence-electron chi connectivity index (χ2n) is 7.51. The third-order valence-corrected chi connectivity index (χ3v) is 7.53. The summed E-state index contributed by atoms with van der Waals surface area (Å²) in [7, 11) is -2.77. The van der Waals surface area contributed by atoms with E-state index in [9.17, 15) is 17.2 Å². The molecule has 1 saturated heterocycles. The van der Waals surface area contributed by atoms with Gasteiger partial charge in [-0.15, -0.1) is 0 Å². The predicted molar refractivity (Wildman–Crippen MR) is 119 cm³/mol. The lowest BCUT2D eigenvalue weighted by Crippen LogP contribution is -2.38. The molecule has 0 amide bonds. The average molecular weight is 497 g/mol. The number of nitrogens with one attached hydrogen (secondary N) is 2. The third-order valence-electron chi connectivity index (χ3n) is 5.46. The number of hydrogen-bond acceptors (Lipinski definition) is 8. The summed E-state index contributed by atoms with van der Waals surface area (Å²) in [5.74, 6) is -1.51. The minimum absolute atomic E-state index is 0.0112. The molecule has 1 aliphatic rings. The lowest BCUT2D eigenvalue weighted by molar-refractivity contribution is 0.190. The van der Waals surface area contributed by atoms with Crippen molar-refractivity contribution in [1.29, 1.82) is 0 Å². The largest absolute Gasteiger partial charge is 0.497 e. The molecule has 0 spiro atoms. The Balaban J connectivity index is 1.48. The quantitative estimate of drug-likeness (QED) is 0.493. The van der Waals surface area contributed by atoms with Crippen LogP contribution in [0, 0.1) is 17.6 Å². The van der Waals surface area contributed by atoms with E-state index in [-0.39, 0.29) is 29.3 Å². The summed E-state index contributed by atoms with van der Waals surface area (Å²) in [6, 6.07) is 9.12. The van der Waals surface area contributed by atoms with Crippen LogP contribution in [0.25, 0.3) is 0 Å². The number of piperidine rings is 1. The third kappa shape index (κ3) is 5.40. The Morgan fingerprint density at radius 2 is 2.00 bits per heavy atom. The van der Waals surface area contributed by atoms with E-state index in [1.807, 2.05) is 24.3 Å². The summed E-state index contributed by atoms with van der Waals surface area (Å²) < 4.78 is 70.6. The van der Waals surface area contributed by atoms with E-state index in [1.165, 1.54) is 0 Å². The molecule has 3 aromatic rings. The molecule has 4 rings (SSSR count). The highest BCUT2D eigenvalue weighted by molar-refractivity contribution is 7.93. The highest BCUT2D eigenvalue weighted by Crippen LogP contribution is 2.33. The first-order valence-electron chi connectivity index (χ1n) is 10.1. The summed E-state index contributed by atoms with van der Waals surface area (Å²) in [5, 5.41) is 3.25. The molecule has 2 aromatic carbocycles. The van der Waals surface area contributed by atoms with Crippen LogP contribution in [0.4, 0.5) is 13.9 Å². The van der Waals surface area contributed by atoms with Crippen molar-refractivity contribution in [2.24, 2.45) is 5.92 Å². The molecule has 0 saturated carbocycles. The fourth-order valence-electron chi connectivity index (χ4n) is 3.80. The van der Waals surface area contributed by atoms with E-state index in [1.54, 1.807) is 7.11 Å². The Morgan fingerprint density at radius 3 is 2.70 bits per heavy atom. The van der Waals surface area contributed by atoms with Crippen molar-refractivity contribution >= 4 is 26.7 Å². The fraction of sp³-hybridized carbons (Fsp3) is 0.333. The zero-order valence-electron chi connectivity index (χ0n) is 17.6. The Bertz CT molecular complexity index is 1190. The van der Waals surface area contributed by atoms with Gasteiger partial charge < -0.3 is 14.8 Å². The van der Waals surface area contributed by atoms with Gasteiger partial charge in [-0.25, -0.2) is 22.2 Å². The van der Waals surface area contributed by atoms with Crippen molar-refractivity contribution in [3.8, 4) is 11.5 Å². The van der Waals surface area contributed by atoms with Crippen molar-refractivity contribution < 1.29 is 26.7 Å². The zero-order valence-corrected chi connectivity index (χ0v) is 19.3. The number of sulfonamides is 1. The Kier molecular flexibility index (Phi) is 7.05. The molecular weight excluding hydrogens is 474 g/mol. The van der Waals surface area contributed by atoms with Crippen LogP contribution < -0.4 is 19.5 Å². The molecular formula is C21H22F2N4O4S2. The molecule has 1 fully saturated rings. The van der Waals surface area contributed by atoms with Gasteiger partial charge in [-0.2, -0.15) is 4.37 Å². The van der Waals surface area contributed by atoms with Crippen LogP contribution in [0.3, 0.4) is 0 Å². The van der Waals surface area contributed by atoms with E-state index >= 15 is 0 Å². The number of benzene rings is 2. The van der Waals surface area contributed by atoms with Gasteiger partial charge in [0.2, 0.25) is 5.13 Å². The predicted octanol–water partition coefficient (Wildman–Crippen LogP) is 3.40.